The fraction of sp³-hybridized carbons (Fsp3) is 0.200. The average molecular weight is 304 g/mol. The minimum atomic E-state index is -0.00669. The second-order valence-electron chi connectivity index (χ2n) is 4.75. The van der Waals surface area contributed by atoms with E-state index in [1.807, 2.05) is 38.1 Å². The molecular weight excluding hydrogens is 290 g/mol. The lowest BCUT2D eigenvalue weighted by Crippen LogP contribution is -2.03. The number of benzene rings is 1. The molecule has 2 heterocycles. The molecule has 0 saturated heterocycles. The van der Waals surface area contributed by atoms with Crippen molar-refractivity contribution in [2.24, 2.45) is 5.73 Å². The number of fused-ring (bicyclic) bond motifs is 1. The van der Waals surface area contributed by atoms with Crippen LogP contribution in [0.25, 0.3) is 21.5 Å². The van der Waals surface area contributed by atoms with E-state index in [1.165, 1.54) is 0 Å². The van der Waals surface area contributed by atoms with Gasteiger partial charge in [-0.1, -0.05) is 11.6 Å². The molecule has 1 unspecified atom stereocenters. The minimum absolute atomic E-state index is 0.00669. The molecule has 0 radical (unpaired) electrons. The molecule has 5 heteroatoms. The summed E-state index contributed by atoms with van der Waals surface area (Å²) in [6, 6.07) is 7.72. The number of hydrogen-bond acceptors (Lipinski definition) is 4. The SMILES string of the molecule is Cc1nc(-c2ccc(Cl)c3cccnc23)sc1C(C)N. The fourth-order valence-corrected chi connectivity index (χ4v) is 3.52. The third-order valence-electron chi connectivity index (χ3n) is 3.19. The Bertz CT molecular complexity index is 780. The number of aryl methyl sites for hydroxylation is 1. The van der Waals surface area contributed by atoms with Gasteiger partial charge < -0.3 is 5.73 Å². The van der Waals surface area contributed by atoms with Crippen LogP contribution in [-0.4, -0.2) is 9.97 Å². The number of nitrogens with zero attached hydrogens (tertiary/aromatic N) is 2. The Balaban J connectivity index is 2.25. The number of thiazole rings is 1. The van der Waals surface area contributed by atoms with Crippen LogP contribution < -0.4 is 5.73 Å². The molecule has 0 amide bonds. The van der Waals surface area contributed by atoms with Gasteiger partial charge >= 0.3 is 0 Å². The van der Waals surface area contributed by atoms with E-state index in [9.17, 15) is 0 Å². The third kappa shape index (κ3) is 2.20. The van der Waals surface area contributed by atoms with Crippen LogP contribution in [0.15, 0.2) is 30.5 Å². The normalized spacial score (nSPS) is 12.8. The Labute approximate surface area is 126 Å². The van der Waals surface area contributed by atoms with Crippen LogP contribution in [0.2, 0.25) is 5.02 Å². The number of hydrogen-bond donors (Lipinski definition) is 1. The van der Waals surface area contributed by atoms with E-state index in [2.05, 4.69) is 9.97 Å². The topological polar surface area (TPSA) is 51.8 Å². The van der Waals surface area contributed by atoms with Crippen LogP contribution in [0, 0.1) is 6.92 Å². The van der Waals surface area contributed by atoms with Crippen LogP contribution in [0.4, 0.5) is 0 Å². The lowest BCUT2D eigenvalue weighted by Gasteiger charge is -2.04. The first-order valence-electron chi connectivity index (χ1n) is 6.34. The van der Waals surface area contributed by atoms with Gasteiger partial charge in [0, 0.05) is 28.1 Å². The maximum Gasteiger partial charge on any atom is 0.126 e. The largest absolute Gasteiger partial charge is 0.323 e. The van der Waals surface area contributed by atoms with Gasteiger partial charge in [0.2, 0.25) is 0 Å². The van der Waals surface area contributed by atoms with E-state index in [1.54, 1.807) is 17.5 Å². The molecule has 3 nitrogen and oxygen atoms in total. The number of pyridine rings is 1. The smallest absolute Gasteiger partial charge is 0.126 e. The Hall–Kier alpha value is -1.49. The van der Waals surface area contributed by atoms with Crippen LogP contribution in [-0.2, 0) is 0 Å². The summed E-state index contributed by atoms with van der Waals surface area (Å²) in [5, 5.41) is 2.59. The predicted octanol–water partition coefficient (Wildman–Crippen LogP) is 4.34. The Kier molecular flexibility index (Phi) is 3.46. The van der Waals surface area contributed by atoms with Gasteiger partial charge in [0.05, 0.1) is 16.2 Å². The molecule has 0 saturated carbocycles. The van der Waals surface area contributed by atoms with Crippen LogP contribution in [0.1, 0.15) is 23.5 Å². The zero-order chi connectivity index (χ0) is 14.3. The maximum atomic E-state index is 6.23. The third-order valence-corrected chi connectivity index (χ3v) is 4.91. The zero-order valence-corrected chi connectivity index (χ0v) is 12.8. The Morgan fingerprint density at radius 1 is 1.30 bits per heavy atom. The van der Waals surface area contributed by atoms with Gasteiger partial charge in [-0.15, -0.1) is 11.3 Å². The van der Waals surface area contributed by atoms with Crippen molar-refractivity contribution in [3.8, 4) is 10.6 Å². The van der Waals surface area contributed by atoms with Gasteiger partial charge in [0.15, 0.2) is 0 Å². The molecule has 0 aliphatic heterocycles. The van der Waals surface area contributed by atoms with Gasteiger partial charge in [0.25, 0.3) is 0 Å². The quantitative estimate of drug-likeness (QED) is 0.766. The predicted molar refractivity (Wildman–Crippen MR) is 85.2 cm³/mol. The highest BCUT2D eigenvalue weighted by molar-refractivity contribution is 7.15. The van der Waals surface area contributed by atoms with E-state index in [-0.39, 0.29) is 6.04 Å². The molecule has 3 aromatic rings. The number of halogens is 1. The molecule has 2 N–H and O–H groups in total. The second-order valence-corrected chi connectivity index (χ2v) is 6.19. The first-order valence-corrected chi connectivity index (χ1v) is 7.54. The Morgan fingerprint density at radius 2 is 2.10 bits per heavy atom. The molecule has 0 aliphatic rings. The first-order chi connectivity index (χ1) is 9.58. The molecule has 0 aliphatic carbocycles. The standard InChI is InChI=1S/C15H14ClN3S/c1-8(17)14-9(2)19-15(20-14)11-5-6-12(16)10-4-3-7-18-13(10)11/h3-8H,17H2,1-2H3. The summed E-state index contributed by atoms with van der Waals surface area (Å²) in [7, 11) is 0. The highest BCUT2D eigenvalue weighted by Crippen LogP contribution is 2.36. The number of nitrogens with two attached hydrogens (primary N) is 1. The molecule has 0 spiro atoms. The second kappa shape index (κ2) is 5.13. The molecule has 20 heavy (non-hydrogen) atoms. The van der Waals surface area contributed by atoms with Crippen molar-refractivity contribution in [2.75, 3.05) is 0 Å². The highest BCUT2D eigenvalue weighted by atomic mass is 35.5. The molecule has 102 valence electrons. The number of rotatable bonds is 2. The van der Waals surface area contributed by atoms with Crippen molar-refractivity contribution in [3.63, 3.8) is 0 Å². The van der Waals surface area contributed by atoms with Crippen molar-refractivity contribution in [1.29, 1.82) is 0 Å². The monoisotopic (exact) mass is 303 g/mol. The molecule has 0 bridgehead atoms. The highest BCUT2D eigenvalue weighted by Gasteiger charge is 2.15. The zero-order valence-electron chi connectivity index (χ0n) is 11.2. The summed E-state index contributed by atoms with van der Waals surface area (Å²) < 4.78 is 0. The van der Waals surface area contributed by atoms with Crippen LogP contribution >= 0.6 is 22.9 Å². The van der Waals surface area contributed by atoms with Crippen LogP contribution in [0.5, 0.6) is 0 Å². The van der Waals surface area contributed by atoms with Crippen molar-refractivity contribution in [1.82, 2.24) is 9.97 Å². The summed E-state index contributed by atoms with van der Waals surface area (Å²) in [5.41, 5.74) is 8.85. The lowest BCUT2D eigenvalue weighted by molar-refractivity contribution is 0.825. The van der Waals surface area contributed by atoms with Crippen molar-refractivity contribution >= 4 is 33.8 Å². The van der Waals surface area contributed by atoms with Gasteiger partial charge in [-0.2, -0.15) is 0 Å². The maximum absolute atomic E-state index is 6.23. The molecule has 3 rings (SSSR count). The fourth-order valence-electron chi connectivity index (χ4n) is 2.26. The Morgan fingerprint density at radius 3 is 2.80 bits per heavy atom. The van der Waals surface area contributed by atoms with Crippen molar-refractivity contribution in [2.45, 2.75) is 19.9 Å². The first kappa shape index (κ1) is 13.5. The molecule has 2 aromatic heterocycles. The van der Waals surface area contributed by atoms with Gasteiger partial charge in [-0.3, -0.25) is 4.98 Å². The van der Waals surface area contributed by atoms with E-state index in [0.29, 0.717) is 5.02 Å². The average Bonchev–Trinajstić information content (AvgIpc) is 2.81. The summed E-state index contributed by atoms with van der Waals surface area (Å²) >= 11 is 7.85. The summed E-state index contributed by atoms with van der Waals surface area (Å²) in [4.78, 5) is 10.2. The van der Waals surface area contributed by atoms with Crippen molar-refractivity contribution < 1.29 is 0 Å². The summed E-state index contributed by atoms with van der Waals surface area (Å²) in [6.07, 6.45) is 1.77. The van der Waals surface area contributed by atoms with Gasteiger partial charge in [-0.05, 0) is 38.1 Å². The molecule has 1 aromatic carbocycles. The summed E-state index contributed by atoms with van der Waals surface area (Å²) in [5.74, 6) is 0. The molecule has 0 fully saturated rings. The molecular formula is C15H14ClN3S. The van der Waals surface area contributed by atoms with E-state index < -0.39 is 0 Å². The van der Waals surface area contributed by atoms with E-state index in [0.717, 1.165) is 32.0 Å². The van der Waals surface area contributed by atoms with Gasteiger partial charge in [-0.25, -0.2) is 4.98 Å². The van der Waals surface area contributed by atoms with Crippen molar-refractivity contribution in [3.05, 3.63) is 46.1 Å². The molecule has 1 atom stereocenters. The minimum Gasteiger partial charge on any atom is -0.323 e. The van der Waals surface area contributed by atoms with E-state index in [4.69, 9.17) is 17.3 Å². The number of aromatic nitrogens is 2. The van der Waals surface area contributed by atoms with Gasteiger partial charge in [0.1, 0.15) is 5.01 Å². The van der Waals surface area contributed by atoms with E-state index >= 15 is 0 Å². The summed E-state index contributed by atoms with van der Waals surface area (Å²) in [6.45, 7) is 3.97. The lowest BCUT2D eigenvalue weighted by atomic mass is 10.1. The van der Waals surface area contributed by atoms with Crippen LogP contribution in [0.3, 0.4) is 0 Å².